The number of nitro benzene ring substituents is 1. The average Bonchev–Trinajstić information content (AvgIpc) is 2.86. The van der Waals surface area contributed by atoms with Crippen LogP contribution in [0, 0.1) is 21.4 Å². The molecule has 1 aromatic carbocycles. The Labute approximate surface area is 209 Å². The van der Waals surface area contributed by atoms with E-state index in [0.29, 0.717) is 35.5 Å². The number of anilines is 1. The van der Waals surface area contributed by atoms with Gasteiger partial charge < -0.3 is 14.8 Å². The summed E-state index contributed by atoms with van der Waals surface area (Å²) in [6.07, 6.45) is -0.879. The summed E-state index contributed by atoms with van der Waals surface area (Å²) in [4.78, 5) is 30.0. The van der Waals surface area contributed by atoms with Crippen molar-refractivity contribution in [1.82, 2.24) is 14.5 Å². The Balaban J connectivity index is 1.85. The molecule has 2 aromatic heterocycles. The predicted molar refractivity (Wildman–Crippen MR) is 132 cm³/mol. The van der Waals surface area contributed by atoms with E-state index in [2.05, 4.69) is 15.2 Å². The van der Waals surface area contributed by atoms with Gasteiger partial charge in [-0.2, -0.15) is 18.4 Å². The van der Waals surface area contributed by atoms with Crippen molar-refractivity contribution in [3.63, 3.8) is 0 Å². The second-order valence-corrected chi connectivity index (χ2v) is 8.99. The van der Waals surface area contributed by atoms with Crippen molar-refractivity contribution >= 4 is 28.0 Å². The van der Waals surface area contributed by atoms with E-state index >= 15 is 0 Å². The third-order valence-electron chi connectivity index (χ3n) is 6.46. The highest BCUT2D eigenvalue weighted by atomic mass is 19.4. The van der Waals surface area contributed by atoms with Crippen molar-refractivity contribution in [2.24, 2.45) is 7.05 Å². The van der Waals surface area contributed by atoms with E-state index in [9.17, 15) is 33.3 Å². The zero-order valence-electron chi connectivity index (χ0n) is 20.3. The maximum atomic E-state index is 13.4. The molecule has 0 bridgehead atoms. The number of nitrogens with one attached hydrogen (secondary N) is 1. The number of non-ortho nitro benzene ring substituents is 1. The number of rotatable bonds is 5. The third-order valence-corrected chi connectivity index (χ3v) is 6.46. The Kier molecular flexibility index (Phi) is 6.75. The van der Waals surface area contributed by atoms with Crippen LogP contribution in [0.1, 0.15) is 41.6 Å². The zero-order chi connectivity index (χ0) is 27.1. The lowest BCUT2D eigenvalue weighted by atomic mass is 9.98. The molecule has 4 rings (SSSR count). The summed E-state index contributed by atoms with van der Waals surface area (Å²) in [7, 11) is 3.52. The van der Waals surface area contributed by atoms with Crippen LogP contribution < -0.4 is 10.9 Å². The first kappa shape index (κ1) is 25.8. The SMILES string of the molecule is C[C@@H](Nc1ncc(C#N)c2c1cc(C1=CCN(C)CC1)c(=O)n2C)c1cc([N+](=O)[O-])cc(C(F)(F)F)c1. The predicted octanol–water partition coefficient (Wildman–Crippen LogP) is 4.62. The van der Waals surface area contributed by atoms with Gasteiger partial charge >= 0.3 is 6.18 Å². The van der Waals surface area contributed by atoms with Crippen LogP contribution in [0.25, 0.3) is 16.5 Å². The number of likely N-dealkylation sites (N-methyl/N-ethyl adjacent to an activating group) is 1. The molecule has 192 valence electrons. The summed E-state index contributed by atoms with van der Waals surface area (Å²) in [5, 5.41) is 24.4. The van der Waals surface area contributed by atoms with Gasteiger partial charge in [-0.1, -0.05) is 6.08 Å². The van der Waals surface area contributed by atoms with E-state index in [1.54, 1.807) is 20.0 Å². The number of aryl methyl sites for hydroxylation is 1. The number of hydrogen-bond acceptors (Lipinski definition) is 7. The second kappa shape index (κ2) is 9.67. The Morgan fingerprint density at radius 3 is 2.57 bits per heavy atom. The number of halogens is 3. The van der Waals surface area contributed by atoms with Gasteiger partial charge in [0.25, 0.3) is 11.2 Å². The van der Waals surface area contributed by atoms with Crippen molar-refractivity contribution in [3.8, 4) is 6.07 Å². The molecule has 0 saturated heterocycles. The molecule has 12 heteroatoms. The summed E-state index contributed by atoms with van der Waals surface area (Å²) in [6.45, 7) is 2.98. The summed E-state index contributed by atoms with van der Waals surface area (Å²) >= 11 is 0. The Hall–Kier alpha value is -4.24. The number of aromatic nitrogens is 2. The fourth-order valence-electron chi connectivity index (χ4n) is 4.39. The van der Waals surface area contributed by atoms with Crippen LogP contribution in [0.2, 0.25) is 0 Å². The summed E-state index contributed by atoms with van der Waals surface area (Å²) in [5.74, 6) is 0.229. The molecule has 0 radical (unpaired) electrons. The van der Waals surface area contributed by atoms with Gasteiger partial charge in [0.05, 0.1) is 27.6 Å². The quantitative estimate of drug-likeness (QED) is 0.391. The van der Waals surface area contributed by atoms with Gasteiger partial charge in [-0.15, -0.1) is 0 Å². The highest BCUT2D eigenvalue weighted by molar-refractivity contribution is 5.95. The summed E-state index contributed by atoms with van der Waals surface area (Å²) < 4.78 is 41.6. The highest BCUT2D eigenvalue weighted by Gasteiger charge is 2.33. The molecule has 3 heterocycles. The fourth-order valence-corrected chi connectivity index (χ4v) is 4.39. The lowest BCUT2D eigenvalue weighted by molar-refractivity contribution is -0.385. The molecule has 37 heavy (non-hydrogen) atoms. The number of nitro groups is 1. The van der Waals surface area contributed by atoms with Crippen LogP contribution in [-0.4, -0.2) is 39.5 Å². The normalized spacial score (nSPS) is 15.2. The molecule has 0 amide bonds. The largest absolute Gasteiger partial charge is 0.416 e. The van der Waals surface area contributed by atoms with Crippen molar-refractivity contribution < 1.29 is 18.1 Å². The Morgan fingerprint density at radius 2 is 1.97 bits per heavy atom. The lowest BCUT2D eigenvalue weighted by Gasteiger charge is -2.23. The van der Waals surface area contributed by atoms with E-state index in [-0.39, 0.29) is 22.5 Å². The minimum atomic E-state index is -4.77. The first-order valence-electron chi connectivity index (χ1n) is 11.3. The van der Waals surface area contributed by atoms with Gasteiger partial charge in [0.2, 0.25) is 0 Å². The number of hydrogen-bond donors (Lipinski definition) is 1. The topological polar surface area (TPSA) is 117 Å². The number of benzene rings is 1. The molecule has 0 unspecified atom stereocenters. The molecule has 1 atom stereocenters. The van der Waals surface area contributed by atoms with Crippen molar-refractivity contribution in [3.05, 3.63) is 79.3 Å². The van der Waals surface area contributed by atoms with Crippen LogP contribution in [0.3, 0.4) is 0 Å². The van der Waals surface area contributed by atoms with Crippen molar-refractivity contribution in [2.45, 2.75) is 25.6 Å². The van der Waals surface area contributed by atoms with Crippen LogP contribution in [0.15, 0.2) is 41.3 Å². The second-order valence-electron chi connectivity index (χ2n) is 8.99. The lowest BCUT2D eigenvalue weighted by Crippen LogP contribution is -2.27. The zero-order valence-corrected chi connectivity index (χ0v) is 20.3. The number of pyridine rings is 2. The number of fused-ring (bicyclic) bond motifs is 1. The number of nitriles is 1. The van der Waals surface area contributed by atoms with Crippen molar-refractivity contribution in [2.75, 3.05) is 25.5 Å². The molecule has 1 aliphatic rings. The highest BCUT2D eigenvalue weighted by Crippen LogP contribution is 2.35. The molecular weight excluding hydrogens is 489 g/mol. The maximum Gasteiger partial charge on any atom is 0.416 e. The first-order valence-corrected chi connectivity index (χ1v) is 11.3. The van der Waals surface area contributed by atoms with E-state index in [1.807, 2.05) is 19.2 Å². The van der Waals surface area contributed by atoms with Crippen LogP contribution >= 0.6 is 0 Å². The Bertz CT molecular complexity index is 1540. The monoisotopic (exact) mass is 512 g/mol. The van der Waals surface area contributed by atoms with Gasteiger partial charge in [-0.05, 0) is 43.7 Å². The standard InChI is InChI=1S/C25H23F3N6O3/c1-14(16-8-18(25(26,27)28)10-19(9-16)34(36)37)31-23-21-11-20(15-4-6-32(2)7-5-15)24(35)33(3)22(21)17(12-29)13-30-23/h4,8-11,13-14H,5-7H2,1-3H3,(H,30,31)/t14-/m1/s1. The van der Waals surface area contributed by atoms with E-state index in [4.69, 9.17) is 0 Å². The summed E-state index contributed by atoms with van der Waals surface area (Å²) in [5.41, 5.74) is -0.281. The van der Waals surface area contributed by atoms with Gasteiger partial charge in [0, 0.05) is 49.4 Å². The number of nitrogens with zero attached hydrogens (tertiary/aromatic N) is 5. The molecular formula is C25H23F3N6O3. The van der Waals surface area contributed by atoms with Gasteiger partial charge in [0.1, 0.15) is 11.9 Å². The number of alkyl halides is 3. The molecule has 0 fully saturated rings. The molecule has 1 aliphatic heterocycles. The molecule has 3 aromatic rings. The van der Waals surface area contributed by atoms with E-state index in [0.717, 1.165) is 24.3 Å². The molecule has 1 N–H and O–H groups in total. The third kappa shape index (κ3) is 5.03. The van der Waals surface area contributed by atoms with Gasteiger partial charge in [0.15, 0.2) is 0 Å². The van der Waals surface area contributed by atoms with Crippen molar-refractivity contribution in [1.29, 1.82) is 5.26 Å². The maximum absolute atomic E-state index is 13.4. The summed E-state index contributed by atoms with van der Waals surface area (Å²) in [6, 6.07) is 5.26. The molecule has 0 spiro atoms. The Morgan fingerprint density at radius 1 is 1.24 bits per heavy atom. The van der Waals surface area contributed by atoms with Gasteiger partial charge in [-0.25, -0.2) is 4.98 Å². The molecule has 0 saturated carbocycles. The van der Waals surface area contributed by atoms with E-state index in [1.165, 1.54) is 10.8 Å². The van der Waals surface area contributed by atoms with Crippen LogP contribution in [0.4, 0.5) is 24.7 Å². The van der Waals surface area contributed by atoms with Crippen LogP contribution in [-0.2, 0) is 13.2 Å². The smallest absolute Gasteiger partial charge is 0.363 e. The van der Waals surface area contributed by atoms with Gasteiger partial charge in [-0.3, -0.25) is 14.9 Å². The minimum absolute atomic E-state index is 0.0314. The minimum Gasteiger partial charge on any atom is -0.363 e. The van der Waals surface area contributed by atoms with E-state index < -0.39 is 28.4 Å². The first-order chi connectivity index (χ1) is 17.4. The molecule has 9 nitrogen and oxygen atoms in total. The average molecular weight is 512 g/mol. The van der Waals surface area contributed by atoms with Crippen LogP contribution in [0.5, 0.6) is 0 Å². The fraction of sp³-hybridized carbons (Fsp3) is 0.320. The molecule has 0 aliphatic carbocycles.